The summed E-state index contributed by atoms with van der Waals surface area (Å²) in [4.78, 5) is 40.1. The molecule has 0 spiro atoms. The average Bonchev–Trinajstić information content (AvgIpc) is 3.36. The Hall–Kier alpha value is -2.60. The molecule has 1 amide bonds. The van der Waals surface area contributed by atoms with Crippen molar-refractivity contribution in [3.05, 3.63) is 64.7 Å². The van der Waals surface area contributed by atoms with E-state index in [1.807, 2.05) is 35.2 Å². The number of nitrogens with zero attached hydrogens (tertiary/aromatic N) is 1. The predicted octanol–water partition coefficient (Wildman–Crippen LogP) is 4.32. The summed E-state index contributed by atoms with van der Waals surface area (Å²) in [5.41, 5.74) is 3.52. The molecule has 2 aromatic rings. The van der Waals surface area contributed by atoms with Crippen LogP contribution >= 0.6 is 11.8 Å². The molecule has 4 rings (SSSR count). The van der Waals surface area contributed by atoms with Gasteiger partial charge in [0.1, 0.15) is 0 Å². The number of carbonyl (C=O) groups is 3. The van der Waals surface area contributed by atoms with Gasteiger partial charge < -0.3 is 9.64 Å². The number of likely N-dealkylation sites (tertiary alicyclic amines) is 1. The summed E-state index contributed by atoms with van der Waals surface area (Å²) >= 11 is 1.34. The number of rotatable bonds is 7. The highest BCUT2D eigenvalue weighted by Gasteiger charge is 2.20. The van der Waals surface area contributed by atoms with E-state index in [4.69, 9.17) is 4.74 Å². The van der Waals surface area contributed by atoms with Crippen molar-refractivity contribution in [1.29, 1.82) is 0 Å². The van der Waals surface area contributed by atoms with Crippen molar-refractivity contribution >= 4 is 29.4 Å². The number of amides is 1. The standard InChI is InChI=1S/C25H27NO4S/c27-22(20-12-11-18-7-1-2-8-19(18)15-20)16-30-25(29)21-9-3-4-10-23(21)31-17-24(28)26-13-5-6-14-26/h3-4,9-12,15H,1-2,5-8,13-14,16-17H2. The van der Waals surface area contributed by atoms with Gasteiger partial charge in [-0.05, 0) is 67.9 Å². The smallest absolute Gasteiger partial charge is 0.339 e. The van der Waals surface area contributed by atoms with Crippen molar-refractivity contribution in [2.24, 2.45) is 0 Å². The van der Waals surface area contributed by atoms with Crippen LogP contribution in [0.5, 0.6) is 0 Å². The first-order valence-electron chi connectivity index (χ1n) is 10.9. The first-order valence-corrected chi connectivity index (χ1v) is 11.9. The fourth-order valence-corrected chi connectivity index (χ4v) is 5.10. The molecule has 6 heteroatoms. The van der Waals surface area contributed by atoms with Crippen molar-refractivity contribution in [1.82, 2.24) is 4.90 Å². The lowest BCUT2D eigenvalue weighted by atomic mass is 9.90. The van der Waals surface area contributed by atoms with Crippen LogP contribution in [0.2, 0.25) is 0 Å². The summed E-state index contributed by atoms with van der Waals surface area (Å²) in [5.74, 6) is -0.356. The lowest BCUT2D eigenvalue weighted by Crippen LogP contribution is -2.29. The van der Waals surface area contributed by atoms with Crippen LogP contribution in [-0.4, -0.2) is 48.0 Å². The van der Waals surface area contributed by atoms with Crippen LogP contribution in [0.4, 0.5) is 0 Å². The number of esters is 1. The fourth-order valence-electron chi connectivity index (χ4n) is 4.16. The maximum atomic E-state index is 12.7. The number of ether oxygens (including phenoxy) is 1. The minimum Gasteiger partial charge on any atom is -0.454 e. The first kappa shape index (κ1) is 21.6. The maximum absolute atomic E-state index is 12.7. The normalized spacial score (nSPS) is 15.4. The molecule has 0 bridgehead atoms. The molecule has 0 unspecified atom stereocenters. The van der Waals surface area contributed by atoms with E-state index in [1.54, 1.807) is 12.1 Å². The Morgan fingerprint density at radius 1 is 0.903 bits per heavy atom. The van der Waals surface area contributed by atoms with Gasteiger partial charge in [0, 0.05) is 23.5 Å². The van der Waals surface area contributed by atoms with Gasteiger partial charge in [0.05, 0.1) is 11.3 Å². The van der Waals surface area contributed by atoms with Crippen molar-refractivity contribution in [3.8, 4) is 0 Å². The Labute approximate surface area is 187 Å². The van der Waals surface area contributed by atoms with Crippen molar-refractivity contribution in [2.75, 3.05) is 25.4 Å². The molecule has 1 aliphatic carbocycles. The largest absolute Gasteiger partial charge is 0.454 e. The number of hydrogen-bond acceptors (Lipinski definition) is 5. The highest BCUT2D eigenvalue weighted by atomic mass is 32.2. The third kappa shape index (κ3) is 5.37. The highest BCUT2D eigenvalue weighted by Crippen LogP contribution is 2.25. The van der Waals surface area contributed by atoms with Gasteiger partial charge in [0.15, 0.2) is 12.4 Å². The number of ketones is 1. The lowest BCUT2D eigenvalue weighted by Gasteiger charge is -2.16. The molecule has 0 radical (unpaired) electrons. The molecule has 0 aromatic heterocycles. The van der Waals surface area contributed by atoms with Gasteiger partial charge in [-0.1, -0.05) is 24.3 Å². The number of carbonyl (C=O) groups excluding carboxylic acids is 3. The number of benzene rings is 2. The van der Waals surface area contributed by atoms with E-state index in [-0.39, 0.29) is 18.3 Å². The molecule has 5 nitrogen and oxygen atoms in total. The molecular weight excluding hydrogens is 410 g/mol. The van der Waals surface area contributed by atoms with Crippen LogP contribution in [0, 0.1) is 0 Å². The Morgan fingerprint density at radius 2 is 1.65 bits per heavy atom. The van der Waals surface area contributed by atoms with E-state index < -0.39 is 5.97 Å². The van der Waals surface area contributed by atoms with E-state index in [9.17, 15) is 14.4 Å². The van der Waals surface area contributed by atoms with Crippen molar-refractivity contribution in [2.45, 2.75) is 43.4 Å². The minimum atomic E-state index is -0.539. The SMILES string of the molecule is O=C(COC(=O)c1ccccc1SCC(=O)N1CCCC1)c1ccc2c(c1)CCCC2. The molecule has 2 aromatic carbocycles. The zero-order chi connectivity index (χ0) is 21.6. The number of hydrogen-bond donors (Lipinski definition) is 0. The number of Topliss-reactive ketones (excluding diaryl/α,β-unsaturated/α-hetero) is 1. The van der Waals surface area contributed by atoms with Crippen LogP contribution in [0.3, 0.4) is 0 Å². The van der Waals surface area contributed by atoms with Crippen molar-refractivity contribution in [3.63, 3.8) is 0 Å². The summed E-state index contributed by atoms with van der Waals surface area (Å²) in [7, 11) is 0. The van der Waals surface area contributed by atoms with Gasteiger partial charge in [0.25, 0.3) is 0 Å². The molecule has 31 heavy (non-hydrogen) atoms. The van der Waals surface area contributed by atoms with E-state index in [0.29, 0.717) is 21.8 Å². The van der Waals surface area contributed by atoms with Gasteiger partial charge in [-0.3, -0.25) is 9.59 Å². The quantitative estimate of drug-likeness (QED) is 0.367. The van der Waals surface area contributed by atoms with Gasteiger partial charge in [-0.25, -0.2) is 4.79 Å². The Morgan fingerprint density at radius 3 is 2.45 bits per heavy atom. The second-order valence-electron chi connectivity index (χ2n) is 8.06. The summed E-state index contributed by atoms with van der Waals surface area (Å²) < 4.78 is 5.34. The Bertz CT molecular complexity index is 981. The predicted molar refractivity (Wildman–Crippen MR) is 121 cm³/mol. The van der Waals surface area contributed by atoms with Crippen LogP contribution in [0.15, 0.2) is 47.4 Å². The first-order chi connectivity index (χ1) is 15.1. The summed E-state index contributed by atoms with van der Waals surface area (Å²) in [5, 5.41) is 0. The van der Waals surface area contributed by atoms with E-state index in [0.717, 1.165) is 45.2 Å². The van der Waals surface area contributed by atoms with Gasteiger partial charge in [-0.2, -0.15) is 0 Å². The molecule has 0 N–H and O–H groups in total. The van der Waals surface area contributed by atoms with E-state index in [2.05, 4.69) is 0 Å². The van der Waals surface area contributed by atoms with Crippen molar-refractivity contribution < 1.29 is 19.1 Å². The summed E-state index contributed by atoms with van der Waals surface area (Å²) in [6.45, 7) is 1.34. The molecule has 1 aliphatic heterocycles. The lowest BCUT2D eigenvalue weighted by molar-refractivity contribution is -0.127. The molecule has 1 fully saturated rings. The van der Waals surface area contributed by atoms with Crippen LogP contribution in [0.1, 0.15) is 57.5 Å². The molecule has 0 atom stereocenters. The second-order valence-corrected chi connectivity index (χ2v) is 9.08. The highest BCUT2D eigenvalue weighted by molar-refractivity contribution is 8.00. The van der Waals surface area contributed by atoms with Gasteiger partial charge in [0.2, 0.25) is 5.91 Å². The number of fused-ring (bicyclic) bond motifs is 1. The molecular formula is C25H27NO4S. The fraction of sp³-hybridized carbons (Fsp3) is 0.400. The van der Waals surface area contributed by atoms with Crippen LogP contribution in [0.25, 0.3) is 0 Å². The third-order valence-corrected chi connectivity index (χ3v) is 6.98. The Balaban J connectivity index is 1.35. The zero-order valence-corrected chi connectivity index (χ0v) is 18.4. The molecule has 1 heterocycles. The summed E-state index contributed by atoms with van der Waals surface area (Å²) in [6.07, 6.45) is 6.51. The van der Waals surface area contributed by atoms with Gasteiger partial charge >= 0.3 is 5.97 Å². The number of aryl methyl sites for hydroxylation is 2. The zero-order valence-electron chi connectivity index (χ0n) is 17.6. The Kier molecular flexibility index (Phi) is 7.07. The monoisotopic (exact) mass is 437 g/mol. The maximum Gasteiger partial charge on any atom is 0.339 e. The minimum absolute atomic E-state index is 0.0910. The average molecular weight is 438 g/mol. The molecule has 162 valence electrons. The van der Waals surface area contributed by atoms with E-state index >= 15 is 0 Å². The van der Waals surface area contributed by atoms with Crippen LogP contribution in [-0.2, 0) is 22.4 Å². The molecule has 0 saturated carbocycles. The summed E-state index contributed by atoms with van der Waals surface area (Å²) in [6, 6.07) is 12.9. The van der Waals surface area contributed by atoms with Gasteiger partial charge in [-0.15, -0.1) is 11.8 Å². The molecule has 1 saturated heterocycles. The van der Waals surface area contributed by atoms with E-state index in [1.165, 1.54) is 29.3 Å². The topological polar surface area (TPSA) is 63.7 Å². The molecule has 2 aliphatic rings. The van der Waals surface area contributed by atoms with Crippen LogP contribution < -0.4 is 0 Å². The second kappa shape index (κ2) is 10.1. The third-order valence-electron chi connectivity index (χ3n) is 5.92. The number of thioether (sulfide) groups is 1.